The van der Waals surface area contributed by atoms with Crippen LogP contribution in [-0.2, 0) is 16.2 Å². The molecule has 1 saturated heterocycles. The average Bonchev–Trinajstić information content (AvgIpc) is 2.83. The minimum atomic E-state index is -1.02. The van der Waals surface area contributed by atoms with Crippen molar-refractivity contribution in [3.05, 3.63) is 91.2 Å². The quantitative estimate of drug-likeness (QED) is 0.218. The maximum absolute atomic E-state index is 14.3. The number of hydrogen-bond donors (Lipinski definition) is 1. The van der Waals surface area contributed by atoms with Crippen molar-refractivity contribution in [3.8, 4) is 11.5 Å². The Bertz CT molecular complexity index is 1380. The lowest BCUT2D eigenvalue weighted by Gasteiger charge is -2.26. The summed E-state index contributed by atoms with van der Waals surface area (Å²) >= 11 is 5.56. The zero-order valence-electron chi connectivity index (χ0n) is 18.2. The average molecular weight is 651 g/mol. The summed E-state index contributed by atoms with van der Waals surface area (Å²) in [5, 5.41) is 2.08. The molecule has 10 heteroatoms. The lowest BCUT2D eigenvalue weighted by atomic mass is 10.1. The first-order valence-corrected chi connectivity index (χ1v) is 12.1. The van der Waals surface area contributed by atoms with E-state index in [-0.39, 0.29) is 17.9 Å². The van der Waals surface area contributed by atoms with Gasteiger partial charge in [0.2, 0.25) is 0 Å². The highest BCUT2D eigenvalue weighted by molar-refractivity contribution is 14.1. The molecule has 4 amide bonds. The molecule has 4 rings (SSSR count). The fourth-order valence-corrected chi connectivity index (χ4v) is 4.58. The van der Waals surface area contributed by atoms with E-state index in [9.17, 15) is 18.8 Å². The molecule has 0 saturated carbocycles. The summed E-state index contributed by atoms with van der Waals surface area (Å²) in [6.45, 7) is 0.287. The van der Waals surface area contributed by atoms with Crippen molar-refractivity contribution in [2.75, 3.05) is 12.0 Å². The van der Waals surface area contributed by atoms with Crippen LogP contribution < -0.4 is 19.7 Å². The van der Waals surface area contributed by atoms with E-state index in [0.29, 0.717) is 25.5 Å². The predicted octanol–water partition coefficient (Wildman–Crippen LogP) is 5.45. The second-order valence-electron chi connectivity index (χ2n) is 7.32. The fourth-order valence-electron chi connectivity index (χ4n) is 3.40. The van der Waals surface area contributed by atoms with E-state index < -0.39 is 23.7 Å². The highest BCUT2D eigenvalue weighted by Crippen LogP contribution is 2.36. The van der Waals surface area contributed by atoms with E-state index in [0.717, 1.165) is 16.1 Å². The van der Waals surface area contributed by atoms with Crippen LogP contribution in [0.5, 0.6) is 11.5 Å². The number of imide groups is 2. The third kappa shape index (κ3) is 5.22. The molecule has 35 heavy (non-hydrogen) atoms. The predicted molar refractivity (Wildman–Crippen MR) is 140 cm³/mol. The van der Waals surface area contributed by atoms with Gasteiger partial charge in [0.1, 0.15) is 18.0 Å². The number of hydrogen-bond acceptors (Lipinski definition) is 5. The highest BCUT2D eigenvalue weighted by atomic mass is 127. The molecular formula is C25H17BrFIN2O5. The number of nitrogens with one attached hydrogen (secondary N) is 1. The monoisotopic (exact) mass is 650 g/mol. The van der Waals surface area contributed by atoms with Crippen LogP contribution in [0.4, 0.5) is 14.9 Å². The van der Waals surface area contributed by atoms with Gasteiger partial charge in [-0.3, -0.25) is 14.9 Å². The van der Waals surface area contributed by atoms with Crippen LogP contribution in [0, 0.1) is 9.39 Å². The molecule has 1 heterocycles. The number of anilines is 1. The van der Waals surface area contributed by atoms with E-state index in [2.05, 4.69) is 43.8 Å². The zero-order chi connectivity index (χ0) is 25.1. The maximum Gasteiger partial charge on any atom is 0.336 e. The number of carbonyl (C=O) groups excluding carboxylic acids is 3. The largest absolute Gasteiger partial charge is 0.493 e. The number of halogens is 3. The molecule has 0 bridgehead atoms. The molecule has 3 aromatic carbocycles. The summed E-state index contributed by atoms with van der Waals surface area (Å²) in [7, 11) is 1.48. The molecule has 1 aliphatic heterocycles. The number of nitrogens with zero attached hydrogens (tertiary/aromatic N) is 1. The van der Waals surface area contributed by atoms with Crippen LogP contribution in [-0.4, -0.2) is 25.0 Å². The third-order valence-electron chi connectivity index (χ3n) is 5.09. The van der Waals surface area contributed by atoms with Gasteiger partial charge >= 0.3 is 6.03 Å². The van der Waals surface area contributed by atoms with Gasteiger partial charge in [-0.2, -0.15) is 0 Å². The lowest BCUT2D eigenvalue weighted by Crippen LogP contribution is -2.54. The van der Waals surface area contributed by atoms with Crippen LogP contribution in [0.15, 0.2) is 70.7 Å². The second-order valence-corrected chi connectivity index (χ2v) is 9.34. The standard InChI is InChI=1S/C25H17BrFIN2O5/c1-34-21-12-14(11-19(28)22(21)35-13-15-6-2-3-7-17(15)26)10-16-23(31)29-25(33)30(24(16)32)20-9-5-4-8-18(20)27/h2-12H,13H2,1H3,(H,29,31,33)/b16-10-. The molecule has 1 fully saturated rings. The Kier molecular flexibility index (Phi) is 7.51. The van der Waals surface area contributed by atoms with Crippen LogP contribution in [0.25, 0.3) is 6.08 Å². The van der Waals surface area contributed by atoms with Crippen molar-refractivity contribution >= 4 is 68.1 Å². The Morgan fingerprint density at radius 1 is 1.09 bits per heavy atom. The van der Waals surface area contributed by atoms with E-state index in [1.165, 1.54) is 31.4 Å². The Morgan fingerprint density at radius 2 is 1.80 bits per heavy atom. The molecule has 0 spiro atoms. The van der Waals surface area contributed by atoms with Crippen molar-refractivity contribution in [1.29, 1.82) is 0 Å². The summed E-state index contributed by atoms with van der Waals surface area (Å²) < 4.78 is 27.3. The van der Waals surface area contributed by atoms with E-state index in [1.54, 1.807) is 12.1 Å². The Labute approximate surface area is 222 Å². The van der Waals surface area contributed by atoms with Gasteiger partial charge in [0.15, 0.2) is 11.5 Å². The Morgan fingerprint density at radius 3 is 2.51 bits per heavy atom. The van der Waals surface area contributed by atoms with Gasteiger partial charge in [0.25, 0.3) is 11.8 Å². The van der Waals surface area contributed by atoms with Gasteiger partial charge in [-0.15, -0.1) is 0 Å². The molecular weight excluding hydrogens is 634 g/mol. The first kappa shape index (κ1) is 24.9. The van der Waals surface area contributed by atoms with Crippen molar-refractivity contribution in [1.82, 2.24) is 5.32 Å². The number of barbiturate groups is 1. The zero-order valence-corrected chi connectivity index (χ0v) is 21.9. The number of methoxy groups -OCH3 is 1. The van der Waals surface area contributed by atoms with Crippen LogP contribution >= 0.6 is 38.5 Å². The minimum Gasteiger partial charge on any atom is -0.493 e. The fraction of sp³-hybridized carbons (Fsp3) is 0.0800. The summed E-state index contributed by atoms with van der Waals surface area (Å²) in [6.07, 6.45) is 1.32. The van der Waals surface area contributed by atoms with Crippen molar-refractivity contribution in [2.24, 2.45) is 0 Å². The van der Waals surface area contributed by atoms with Gasteiger partial charge < -0.3 is 9.47 Å². The highest BCUT2D eigenvalue weighted by Gasteiger charge is 2.38. The Balaban J connectivity index is 1.66. The first-order valence-electron chi connectivity index (χ1n) is 10.2. The smallest absolute Gasteiger partial charge is 0.336 e. The van der Waals surface area contributed by atoms with Gasteiger partial charge in [-0.25, -0.2) is 14.1 Å². The van der Waals surface area contributed by atoms with Crippen molar-refractivity contribution in [2.45, 2.75) is 6.61 Å². The third-order valence-corrected chi connectivity index (χ3v) is 6.66. The number of benzene rings is 3. The van der Waals surface area contributed by atoms with Gasteiger partial charge in [-0.05, 0) is 64.6 Å². The maximum atomic E-state index is 14.3. The van der Waals surface area contributed by atoms with Crippen LogP contribution in [0.1, 0.15) is 11.1 Å². The number of ether oxygens (including phenoxy) is 2. The number of urea groups is 1. The van der Waals surface area contributed by atoms with Crippen LogP contribution in [0.2, 0.25) is 0 Å². The number of amides is 4. The summed E-state index contributed by atoms with van der Waals surface area (Å²) in [4.78, 5) is 38.4. The van der Waals surface area contributed by atoms with E-state index in [1.807, 2.05) is 24.3 Å². The molecule has 1 aliphatic rings. The van der Waals surface area contributed by atoms with Crippen LogP contribution in [0.3, 0.4) is 0 Å². The normalized spacial score (nSPS) is 14.8. The molecule has 0 aliphatic carbocycles. The lowest BCUT2D eigenvalue weighted by molar-refractivity contribution is -0.122. The van der Waals surface area contributed by atoms with Crippen molar-refractivity contribution < 1.29 is 28.2 Å². The molecule has 0 atom stereocenters. The Hall–Kier alpha value is -3.25. The topological polar surface area (TPSA) is 84.9 Å². The van der Waals surface area contributed by atoms with Gasteiger partial charge in [-0.1, -0.05) is 46.3 Å². The van der Waals surface area contributed by atoms with Gasteiger partial charge in [0.05, 0.1) is 16.4 Å². The van der Waals surface area contributed by atoms with Gasteiger partial charge in [0, 0.05) is 10.0 Å². The molecule has 0 aromatic heterocycles. The molecule has 3 aromatic rings. The molecule has 0 radical (unpaired) electrons. The molecule has 1 N–H and O–H groups in total. The molecule has 0 unspecified atom stereocenters. The summed E-state index contributed by atoms with van der Waals surface area (Å²) in [6, 6.07) is 15.3. The minimum absolute atomic E-state index is 0.253. The number of para-hydroxylation sites is 1. The molecule has 178 valence electrons. The first-order chi connectivity index (χ1) is 16.8. The molecule has 7 nitrogen and oxygen atoms in total. The second kappa shape index (κ2) is 10.6. The SMILES string of the molecule is COc1cc(/C=C2/C(=O)NC(=O)N(c3ccccc3F)C2=O)cc(I)c1OCc1ccccc1Br. The number of rotatable bonds is 6. The van der Waals surface area contributed by atoms with Crippen molar-refractivity contribution in [3.63, 3.8) is 0 Å². The summed E-state index contributed by atoms with van der Waals surface area (Å²) in [5.74, 6) is -1.70. The van der Waals surface area contributed by atoms with E-state index >= 15 is 0 Å². The number of carbonyl (C=O) groups is 3. The van der Waals surface area contributed by atoms with E-state index in [4.69, 9.17) is 9.47 Å². The summed E-state index contributed by atoms with van der Waals surface area (Å²) in [5.41, 5.74) is 0.823.